The van der Waals surface area contributed by atoms with E-state index in [4.69, 9.17) is 11.6 Å². The highest BCUT2D eigenvalue weighted by molar-refractivity contribution is 14.1. The Balaban J connectivity index is 2.76. The van der Waals surface area contributed by atoms with Crippen molar-refractivity contribution in [2.45, 2.75) is 19.9 Å². The Morgan fingerprint density at radius 3 is 2.81 bits per heavy atom. The number of aromatic nitrogens is 1. The smallest absolute Gasteiger partial charge is 0.253 e. The summed E-state index contributed by atoms with van der Waals surface area (Å²) in [5.74, 6) is 0.268. The van der Waals surface area contributed by atoms with Gasteiger partial charge in [0.2, 0.25) is 0 Å². The predicted molar refractivity (Wildman–Crippen MR) is 74.2 cm³/mol. The first-order chi connectivity index (χ1) is 7.56. The zero-order chi connectivity index (χ0) is 12.1. The number of hydrogen-bond donors (Lipinski definition) is 1. The summed E-state index contributed by atoms with van der Waals surface area (Å²) in [6, 6.07) is 1.79. The monoisotopic (exact) mass is 352 g/mol. The van der Waals surface area contributed by atoms with Gasteiger partial charge in [-0.2, -0.15) is 0 Å². The van der Waals surface area contributed by atoms with E-state index < -0.39 is 0 Å². The van der Waals surface area contributed by atoms with E-state index in [0.29, 0.717) is 16.5 Å². The maximum absolute atomic E-state index is 11.9. The fourth-order valence-electron chi connectivity index (χ4n) is 1.19. The molecule has 0 saturated carbocycles. The van der Waals surface area contributed by atoms with E-state index in [-0.39, 0.29) is 11.9 Å². The van der Waals surface area contributed by atoms with Crippen molar-refractivity contribution in [3.05, 3.63) is 29.0 Å². The summed E-state index contributed by atoms with van der Waals surface area (Å²) in [5.41, 5.74) is 0.479. The van der Waals surface area contributed by atoms with Crippen molar-refractivity contribution in [3.8, 4) is 0 Å². The summed E-state index contributed by atoms with van der Waals surface area (Å²) in [4.78, 5) is 15.8. The van der Waals surface area contributed by atoms with Crippen LogP contribution in [0.25, 0.3) is 0 Å². The van der Waals surface area contributed by atoms with Crippen LogP contribution >= 0.6 is 34.2 Å². The van der Waals surface area contributed by atoms with Crippen LogP contribution < -0.4 is 5.32 Å². The average Bonchev–Trinajstić information content (AvgIpc) is 2.25. The van der Waals surface area contributed by atoms with Crippen LogP contribution in [0.3, 0.4) is 0 Å². The third-order valence-corrected chi connectivity index (χ3v) is 3.55. The number of halogens is 2. The summed E-state index contributed by atoms with van der Waals surface area (Å²) < 4.78 is 0.879. The number of pyridine rings is 1. The second kappa shape index (κ2) is 6.39. The van der Waals surface area contributed by atoms with Crippen molar-refractivity contribution in [1.82, 2.24) is 10.3 Å². The van der Waals surface area contributed by atoms with E-state index in [0.717, 1.165) is 4.43 Å². The number of hydrogen-bond acceptors (Lipinski definition) is 2. The highest BCUT2D eigenvalue weighted by atomic mass is 127. The van der Waals surface area contributed by atoms with Crippen molar-refractivity contribution in [1.29, 1.82) is 0 Å². The van der Waals surface area contributed by atoms with Gasteiger partial charge in [0.15, 0.2) is 0 Å². The zero-order valence-corrected chi connectivity index (χ0v) is 12.1. The molecule has 1 aromatic rings. The van der Waals surface area contributed by atoms with Crippen LogP contribution in [-0.2, 0) is 0 Å². The third-order valence-electron chi connectivity index (χ3n) is 2.30. The molecule has 1 N–H and O–H groups in total. The molecule has 0 bridgehead atoms. The van der Waals surface area contributed by atoms with E-state index >= 15 is 0 Å². The average molecular weight is 353 g/mol. The lowest BCUT2D eigenvalue weighted by Gasteiger charge is -2.20. The molecular formula is C11H14ClIN2O. The van der Waals surface area contributed by atoms with Crippen LogP contribution in [0.15, 0.2) is 18.5 Å². The van der Waals surface area contributed by atoms with Crippen LogP contribution in [0.2, 0.25) is 5.02 Å². The SMILES string of the molecule is CC(C)C(CI)NC(=O)c1ccncc1Cl. The summed E-state index contributed by atoms with van der Waals surface area (Å²) in [6.07, 6.45) is 3.04. The summed E-state index contributed by atoms with van der Waals surface area (Å²) in [7, 11) is 0. The van der Waals surface area contributed by atoms with Gasteiger partial charge in [-0.05, 0) is 12.0 Å². The number of carbonyl (C=O) groups excluding carboxylic acids is 1. The summed E-state index contributed by atoms with van der Waals surface area (Å²) in [6.45, 7) is 4.16. The maximum Gasteiger partial charge on any atom is 0.253 e. The van der Waals surface area contributed by atoms with Gasteiger partial charge < -0.3 is 5.32 Å². The van der Waals surface area contributed by atoms with Crippen molar-refractivity contribution < 1.29 is 4.79 Å². The molecule has 1 amide bonds. The molecule has 0 radical (unpaired) electrons. The fraction of sp³-hybridized carbons (Fsp3) is 0.455. The van der Waals surface area contributed by atoms with Crippen LogP contribution in [0.4, 0.5) is 0 Å². The molecule has 3 nitrogen and oxygen atoms in total. The summed E-state index contributed by atoms with van der Waals surface area (Å²) in [5, 5.41) is 3.35. The van der Waals surface area contributed by atoms with Gasteiger partial charge in [0, 0.05) is 22.9 Å². The largest absolute Gasteiger partial charge is 0.348 e. The lowest BCUT2D eigenvalue weighted by Crippen LogP contribution is -2.39. The second-order valence-electron chi connectivity index (χ2n) is 3.83. The Morgan fingerprint density at radius 1 is 1.62 bits per heavy atom. The predicted octanol–water partition coefficient (Wildman–Crippen LogP) is 2.92. The van der Waals surface area contributed by atoms with Crippen molar-refractivity contribution in [2.75, 3.05) is 4.43 Å². The number of rotatable bonds is 4. The first-order valence-corrected chi connectivity index (χ1v) is 6.93. The maximum atomic E-state index is 11.9. The van der Waals surface area contributed by atoms with Gasteiger partial charge in [-0.3, -0.25) is 9.78 Å². The van der Waals surface area contributed by atoms with Crippen LogP contribution in [0.1, 0.15) is 24.2 Å². The molecule has 1 aromatic heterocycles. The lowest BCUT2D eigenvalue weighted by molar-refractivity contribution is 0.0932. The second-order valence-corrected chi connectivity index (χ2v) is 5.12. The van der Waals surface area contributed by atoms with Crippen molar-refractivity contribution >= 4 is 40.1 Å². The molecule has 0 spiro atoms. The molecule has 0 fully saturated rings. The quantitative estimate of drug-likeness (QED) is 0.669. The minimum atomic E-state index is -0.136. The van der Waals surface area contributed by atoms with Gasteiger partial charge in [-0.1, -0.05) is 48.0 Å². The van der Waals surface area contributed by atoms with Crippen LogP contribution in [-0.4, -0.2) is 21.4 Å². The first-order valence-electron chi connectivity index (χ1n) is 5.02. The van der Waals surface area contributed by atoms with E-state index in [1.165, 1.54) is 6.20 Å². The van der Waals surface area contributed by atoms with E-state index in [9.17, 15) is 4.79 Å². The van der Waals surface area contributed by atoms with Crippen molar-refractivity contribution in [3.63, 3.8) is 0 Å². The van der Waals surface area contributed by atoms with Gasteiger partial charge in [0.05, 0.1) is 10.6 Å². The lowest BCUT2D eigenvalue weighted by atomic mass is 10.1. The molecule has 1 unspecified atom stereocenters. The number of nitrogens with zero attached hydrogens (tertiary/aromatic N) is 1. The van der Waals surface area contributed by atoms with Gasteiger partial charge >= 0.3 is 0 Å². The third kappa shape index (κ3) is 3.59. The van der Waals surface area contributed by atoms with Gasteiger partial charge in [-0.15, -0.1) is 0 Å². The molecule has 1 atom stereocenters. The normalized spacial score (nSPS) is 12.6. The Bertz CT molecular complexity index is 371. The molecule has 1 heterocycles. The molecule has 5 heteroatoms. The number of nitrogens with one attached hydrogen (secondary N) is 1. The first kappa shape index (κ1) is 13.7. The van der Waals surface area contributed by atoms with E-state index in [1.54, 1.807) is 12.3 Å². The topological polar surface area (TPSA) is 42.0 Å². The van der Waals surface area contributed by atoms with Crippen LogP contribution in [0, 0.1) is 5.92 Å². The Hall–Kier alpha value is -0.360. The number of amides is 1. The van der Waals surface area contributed by atoms with Gasteiger partial charge in [0.1, 0.15) is 0 Å². The molecule has 1 rings (SSSR count). The zero-order valence-electron chi connectivity index (χ0n) is 9.21. The summed E-state index contributed by atoms with van der Waals surface area (Å²) >= 11 is 8.17. The number of alkyl halides is 1. The van der Waals surface area contributed by atoms with E-state index in [2.05, 4.69) is 46.7 Å². The molecule has 16 heavy (non-hydrogen) atoms. The molecule has 88 valence electrons. The molecule has 0 aliphatic rings. The molecule has 0 aliphatic heterocycles. The molecule has 0 aromatic carbocycles. The molecule has 0 saturated heterocycles. The highest BCUT2D eigenvalue weighted by Crippen LogP contribution is 2.14. The fourth-order valence-corrected chi connectivity index (χ4v) is 2.63. The Kier molecular flexibility index (Phi) is 5.48. The number of carbonyl (C=O) groups is 1. The highest BCUT2D eigenvalue weighted by Gasteiger charge is 2.17. The van der Waals surface area contributed by atoms with Gasteiger partial charge in [-0.25, -0.2) is 0 Å². The van der Waals surface area contributed by atoms with Crippen molar-refractivity contribution in [2.24, 2.45) is 5.92 Å². The molecular weight excluding hydrogens is 338 g/mol. The van der Waals surface area contributed by atoms with Crippen LogP contribution in [0.5, 0.6) is 0 Å². The van der Waals surface area contributed by atoms with Gasteiger partial charge in [0.25, 0.3) is 5.91 Å². The minimum Gasteiger partial charge on any atom is -0.348 e. The molecule has 0 aliphatic carbocycles. The minimum absolute atomic E-state index is 0.136. The Morgan fingerprint density at radius 2 is 2.31 bits per heavy atom. The standard InChI is InChI=1S/C11H14ClIN2O/c1-7(2)10(5-13)15-11(16)8-3-4-14-6-9(8)12/h3-4,6-7,10H,5H2,1-2H3,(H,15,16). The Labute approximate surface area is 114 Å². The van der Waals surface area contributed by atoms with E-state index in [1.807, 2.05) is 0 Å².